The van der Waals surface area contributed by atoms with Crippen molar-refractivity contribution in [1.82, 2.24) is 0 Å². The Morgan fingerprint density at radius 2 is 2.47 bits per heavy atom. The Morgan fingerprint density at radius 1 is 1.73 bits per heavy atom. The van der Waals surface area contributed by atoms with Gasteiger partial charge in [-0.05, 0) is 25.2 Å². The first-order valence-corrected chi connectivity index (χ1v) is 5.38. The molecular formula is C12H17NO2. The van der Waals surface area contributed by atoms with Crippen molar-refractivity contribution < 1.29 is 9.53 Å². The van der Waals surface area contributed by atoms with Crippen LogP contribution in [0.4, 0.5) is 0 Å². The lowest BCUT2D eigenvalue weighted by molar-refractivity contribution is -0.144. The first-order valence-electron chi connectivity index (χ1n) is 5.38. The Kier molecular flexibility index (Phi) is 4.36. The molecule has 0 aromatic rings. The van der Waals surface area contributed by atoms with Gasteiger partial charge in [0.15, 0.2) is 6.10 Å². The van der Waals surface area contributed by atoms with Gasteiger partial charge in [0.25, 0.3) is 0 Å². The summed E-state index contributed by atoms with van der Waals surface area (Å²) in [6, 6.07) is 2.02. The van der Waals surface area contributed by atoms with Gasteiger partial charge in [-0.3, -0.25) is 4.79 Å². The van der Waals surface area contributed by atoms with Crippen LogP contribution in [0.2, 0.25) is 0 Å². The fourth-order valence-electron chi connectivity index (χ4n) is 2.02. The molecule has 0 spiro atoms. The highest BCUT2D eigenvalue weighted by Crippen LogP contribution is 2.31. The molecule has 15 heavy (non-hydrogen) atoms. The zero-order chi connectivity index (χ0) is 11.3. The molecule has 0 N–H and O–H groups in total. The molecule has 1 saturated carbocycles. The molecule has 2 atom stereocenters. The highest BCUT2D eigenvalue weighted by molar-refractivity contribution is 5.66. The lowest BCUT2D eigenvalue weighted by atomic mass is 9.82. The van der Waals surface area contributed by atoms with Crippen LogP contribution in [-0.2, 0) is 9.53 Å². The van der Waals surface area contributed by atoms with Gasteiger partial charge >= 0.3 is 5.97 Å². The van der Waals surface area contributed by atoms with E-state index in [0.717, 1.165) is 12.8 Å². The molecule has 0 saturated heterocycles. The van der Waals surface area contributed by atoms with Crippen molar-refractivity contribution in [1.29, 1.82) is 5.26 Å². The quantitative estimate of drug-likeness (QED) is 0.528. The molecule has 0 aliphatic heterocycles. The maximum Gasteiger partial charge on any atom is 0.303 e. The zero-order valence-corrected chi connectivity index (χ0v) is 9.16. The standard InChI is InChI=1S/C12H17NO2/c1-9-5-3-4-6-11(9)7-12(8-13)15-10(2)14/h11-12H,1,3-7H2,2H3. The molecule has 3 nitrogen and oxygen atoms in total. The molecule has 1 fully saturated rings. The Balaban J connectivity index is 2.47. The molecule has 0 amide bonds. The Morgan fingerprint density at radius 3 is 3.00 bits per heavy atom. The summed E-state index contributed by atoms with van der Waals surface area (Å²) < 4.78 is 4.91. The van der Waals surface area contributed by atoms with Gasteiger partial charge in [-0.15, -0.1) is 0 Å². The summed E-state index contributed by atoms with van der Waals surface area (Å²) in [6.07, 6.45) is 4.49. The highest BCUT2D eigenvalue weighted by Gasteiger charge is 2.22. The summed E-state index contributed by atoms with van der Waals surface area (Å²) in [7, 11) is 0. The van der Waals surface area contributed by atoms with Gasteiger partial charge < -0.3 is 4.74 Å². The van der Waals surface area contributed by atoms with Crippen LogP contribution < -0.4 is 0 Å². The smallest absolute Gasteiger partial charge is 0.303 e. The summed E-state index contributed by atoms with van der Waals surface area (Å²) in [6.45, 7) is 5.35. The Bertz CT molecular complexity index is 290. The monoisotopic (exact) mass is 207 g/mol. The third-order valence-corrected chi connectivity index (χ3v) is 2.83. The molecule has 0 radical (unpaired) electrons. The summed E-state index contributed by atoms with van der Waals surface area (Å²) in [5.74, 6) is -0.0364. The van der Waals surface area contributed by atoms with Crippen molar-refractivity contribution >= 4 is 5.97 Å². The number of rotatable bonds is 3. The van der Waals surface area contributed by atoms with E-state index in [1.807, 2.05) is 6.07 Å². The lowest BCUT2D eigenvalue weighted by Gasteiger charge is -2.25. The molecule has 0 aromatic heterocycles. The van der Waals surface area contributed by atoms with Gasteiger partial charge in [0.2, 0.25) is 0 Å². The van der Waals surface area contributed by atoms with E-state index >= 15 is 0 Å². The van der Waals surface area contributed by atoms with E-state index < -0.39 is 6.10 Å². The third-order valence-electron chi connectivity index (χ3n) is 2.83. The van der Waals surface area contributed by atoms with Crippen molar-refractivity contribution in [3.05, 3.63) is 12.2 Å². The number of ether oxygens (including phenoxy) is 1. The predicted molar refractivity (Wildman–Crippen MR) is 56.9 cm³/mol. The Labute approximate surface area is 90.7 Å². The molecular weight excluding hydrogens is 190 g/mol. The predicted octanol–water partition coefficient (Wildman–Crippen LogP) is 2.58. The fourth-order valence-corrected chi connectivity index (χ4v) is 2.02. The topological polar surface area (TPSA) is 50.1 Å². The molecule has 0 aromatic carbocycles. The van der Waals surface area contributed by atoms with Gasteiger partial charge in [-0.1, -0.05) is 18.6 Å². The van der Waals surface area contributed by atoms with Crippen molar-refractivity contribution in [2.75, 3.05) is 0 Å². The maximum atomic E-state index is 10.7. The van der Waals surface area contributed by atoms with Crippen LogP contribution >= 0.6 is 0 Å². The van der Waals surface area contributed by atoms with Gasteiger partial charge in [0.05, 0.1) is 0 Å². The number of nitriles is 1. The second kappa shape index (κ2) is 5.55. The van der Waals surface area contributed by atoms with Gasteiger partial charge in [-0.2, -0.15) is 5.26 Å². The van der Waals surface area contributed by atoms with E-state index in [1.165, 1.54) is 25.3 Å². The summed E-state index contributed by atoms with van der Waals surface area (Å²) in [4.78, 5) is 10.7. The van der Waals surface area contributed by atoms with Crippen LogP contribution in [0.5, 0.6) is 0 Å². The zero-order valence-electron chi connectivity index (χ0n) is 9.16. The molecule has 0 heterocycles. The number of allylic oxidation sites excluding steroid dienone is 1. The second-order valence-corrected chi connectivity index (χ2v) is 4.06. The molecule has 1 aliphatic carbocycles. The summed E-state index contributed by atoms with van der Waals surface area (Å²) >= 11 is 0. The third kappa shape index (κ3) is 3.75. The van der Waals surface area contributed by atoms with Crippen LogP contribution in [0.25, 0.3) is 0 Å². The molecule has 0 bridgehead atoms. The average molecular weight is 207 g/mol. The van der Waals surface area contributed by atoms with Crippen LogP contribution in [0.15, 0.2) is 12.2 Å². The molecule has 2 unspecified atom stereocenters. The van der Waals surface area contributed by atoms with Crippen molar-refractivity contribution in [2.45, 2.75) is 45.1 Å². The minimum Gasteiger partial charge on any atom is -0.447 e. The van der Waals surface area contributed by atoms with Crippen LogP contribution in [0, 0.1) is 17.2 Å². The summed E-state index contributed by atoms with van der Waals surface area (Å²) in [5.41, 5.74) is 1.20. The molecule has 3 heteroatoms. The van der Waals surface area contributed by atoms with Gasteiger partial charge in [0.1, 0.15) is 6.07 Å². The fraction of sp³-hybridized carbons (Fsp3) is 0.667. The molecule has 1 rings (SSSR count). The maximum absolute atomic E-state index is 10.7. The largest absolute Gasteiger partial charge is 0.447 e. The summed E-state index contributed by atoms with van der Waals surface area (Å²) in [5, 5.41) is 8.83. The van der Waals surface area contributed by atoms with E-state index in [2.05, 4.69) is 6.58 Å². The average Bonchev–Trinajstić information content (AvgIpc) is 2.19. The second-order valence-electron chi connectivity index (χ2n) is 4.06. The van der Waals surface area contributed by atoms with Gasteiger partial charge in [-0.25, -0.2) is 0 Å². The van der Waals surface area contributed by atoms with Crippen LogP contribution in [0.1, 0.15) is 39.0 Å². The number of hydrogen-bond donors (Lipinski definition) is 0. The number of carbonyl (C=O) groups is 1. The number of hydrogen-bond acceptors (Lipinski definition) is 3. The molecule has 1 aliphatic rings. The van der Waals surface area contributed by atoms with E-state index in [-0.39, 0.29) is 5.97 Å². The first kappa shape index (κ1) is 11.8. The van der Waals surface area contributed by atoms with Crippen molar-refractivity contribution in [3.63, 3.8) is 0 Å². The normalized spacial score (nSPS) is 22.9. The molecule has 82 valence electrons. The van der Waals surface area contributed by atoms with E-state index in [1.54, 1.807) is 0 Å². The highest BCUT2D eigenvalue weighted by atomic mass is 16.5. The van der Waals surface area contributed by atoms with E-state index in [9.17, 15) is 4.79 Å². The minimum atomic E-state index is -0.609. The minimum absolute atomic E-state index is 0.350. The first-order chi connectivity index (χ1) is 7.13. The Hall–Kier alpha value is -1.30. The van der Waals surface area contributed by atoms with E-state index in [0.29, 0.717) is 12.3 Å². The lowest BCUT2D eigenvalue weighted by Crippen LogP contribution is -2.21. The SMILES string of the molecule is C=C1CCCCC1CC(C#N)OC(C)=O. The van der Waals surface area contributed by atoms with Gasteiger partial charge in [0, 0.05) is 13.3 Å². The van der Waals surface area contributed by atoms with Crippen LogP contribution in [0.3, 0.4) is 0 Å². The van der Waals surface area contributed by atoms with Crippen LogP contribution in [-0.4, -0.2) is 12.1 Å². The number of carbonyl (C=O) groups excluding carboxylic acids is 1. The van der Waals surface area contributed by atoms with Crippen molar-refractivity contribution in [3.8, 4) is 6.07 Å². The number of nitrogens with zero attached hydrogens (tertiary/aromatic N) is 1. The number of esters is 1. The van der Waals surface area contributed by atoms with Crippen molar-refractivity contribution in [2.24, 2.45) is 5.92 Å². The van der Waals surface area contributed by atoms with E-state index in [4.69, 9.17) is 10.00 Å².